The van der Waals surface area contributed by atoms with Gasteiger partial charge < -0.3 is 14.9 Å². The molecule has 0 aromatic carbocycles. The molecule has 4 aliphatic carbocycles. The van der Waals surface area contributed by atoms with Crippen LogP contribution in [-0.4, -0.2) is 40.8 Å². The molecule has 0 radical (unpaired) electrons. The van der Waals surface area contributed by atoms with E-state index in [0.29, 0.717) is 48.9 Å². The summed E-state index contributed by atoms with van der Waals surface area (Å²) < 4.78 is 6.58. The molecule has 5 heteroatoms. The highest BCUT2D eigenvalue weighted by Gasteiger charge is 2.63. The van der Waals surface area contributed by atoms with Crippen LogP contribution in [0.5, 0.6) is 0 Å². The normalized spacial score (nSPS) is 45.5. The maximum absolute atomic E-state index is 12.2. The first-order valence-corrected chi connectivity index (χ1v) is 12.3. The van der Waals surface area contributed by atoms with Gasteiger partial charge >= 0.3 is 5.97 Å². The Bertz CT molecular complexity index is 662. The van der Waals surface area contributed by atoms with Gasteiger partial charge in [-0.2, -0.15) is 0 Å². The molecule has 0 heterocycles. The Morgan fingerprint density at radius 1 is 1.10 bits per heavy atom. The van der Waals surface area contributed by atoms with E-state index in [0.717, 1.165) is 51.4 Å². The van der Waals surface area contributed by atoms with Gasteiger partial charge in [0, 0.05) is 25.9 Å². The van der Waals surface area contributed by atoms with E-state index >= 15 is 0 Å². The van der Waals surface area contributed by atoms with Crippen LogP contribution in [0.15, 0.2) is 0 Å². The zero-order valence-electron chi connectivity index (χ0n) is 18.8. The zero-order valence-corrected chi connectivity index (χ0v) is 18.8. The van der Waals surface area contributed by atoms with Gasteiger partial charge in [-0.15, -0.1) is 0 Å². The Balaban J connectivity index is 1.50. The summed E-state index contributed by atoms with van der Waals surface area (Å²) in [6, 6.07) is 0. The topological polar surface area (TPSA) is 83.8 Å². The minimum Gasteiger partial charge on any atom is -0.481 e. The Hall–Kier alpha value is -0.940. The van der Waals surface area contributed by atoms with Gasteiger partial charge in [0.2, 0.25) is 0 Å². The Morgan fingerprint density at radius 3 is 2.67 bits per heavy atom. The van der Waals surface area contributed by atoms with Crippen molar-refractivity contribution in [2.24, 2.45) is 34.5 Å². The van der Waals surface area contributed by atoms with Gasteiger partial charge in [-0.3, -0.25) is 9.59 Å². The number of hydrogen-bond acceptors (Lipinski definition) is 4. The number of aliphatic carboxylic acids is 1. The highest BCUT2D eigenvalue weighted by Crippen LogP contribution is 2.66. The minimum absolute atomic E-state index is 0.0528. The molecule has 30 heavy (non-hydrogen) atoms. The predicted molar refractivity (Wildman–Crippen MR) is 114 cm³/mol. The Morgan fingerprint density at radius 2 is 1.90 bits per heavy atom. The third kappa shape index (κ3) is 3.85. The molecule has 8 atom stereocenters. The van der Waals surface area contributed by atoms with Crippen molar-refractivity contribution in [3.8, 4) is 0 Å². The van der Waals surface area contributed by atoms with Crippen molar-refractivity contribution in [3.05, 3.63) is 0 Å². The molecular weight excluding hydrogens is 380 g/mol. The standard InChI is InChI=1S/C25H40O5/c1-24-12-11-17(26)14-16(24)7-8-18-19-9-10-21(27)25(19,2)15-20(23(18)24)30-13-5-3-4-6-22(28)29/h16,18-21,23,27H,3-15H2,1-2H3,(H,28,29)/t16-,18-,19-,20-,21-,23+,24-,25-/m0/s1. The Labute approximate surface area is 180 Å². The number of carboxylic acid groups (broad SMARTS) is 1. The number of fused-ring (bicyclic) bond motifs is 5. The molecule has 5 nitrogen and oxygen atoms in total. The fourth-order valence-corrected chi connectivity index (χ4v) is 8.05. The van der Waals surface area contributed by atoms with Crippen LogP contribution < -0.4 is 0 Å². The molecular formula is C25H40O5. The molecule has 0 amide bonds. The molecule has 0 aliphatic heterocycles. The highest BCUT2D eigenvalue weighted by atomic mass is 16.5. The lowest BCUT2D eigenvalue weighted by molar-refractivity contribution is -0.192. The van der Waals surface area contributed by atoms with Gasteiger partial charge in [-0.25, -0.2) is 0 Å². The van der Waals surface area contributed by atoms with Gasteiger partial charge in [0.25, 0.3) is 0 Å². The van der Waals surface area contributed by atoms with Gasteiger partial charge in [0.15, 0.2) is 0 Å². The van der Waals surface area contributed by atoms with E-state index < -0.39 is 5.97 Å². The van der Waals surface area contributed by atoms with Crippen molar-refractivity contribution in [2.75, 3.05) is 6.61 Å². The fourth-order valence-electron chi connectivity index (χ4n) is 8.05. The van der Waals surface area contributed by atoms with E-state index in [4.69, 9.17) is 9.84 Å². The molecule has 0 saturated heterocycles. The molecule has 0 spiro atoms. The number of ether oxygens (including phenoxy) is 1. The first-order valence-electron chi connectivity index (χ1n) is 12.3. The lowest BCUT2D eigenvalue weighted by atomic mass is 9.44. The summed E-state index contributed by atoms with van der Waals surface area (Å²) in [7, 11) is 0. The SMILES string of the molecule is C[C@]12CCC(=O)C[C@@H]1CC[C@@H]1[C@@H]2[C@@H](OCCCCCC(=O)O)C[C@]2(C)[C@@H](O)CC[C@@H]12. The summed E-state index contributed by atoms with van der Waals surface area (Å²) in [4.78, 5) is 22.9. The minimum atomic E-state index is -0.728. The van der Waals surface area contributed by atoms with E-state index in [9.17, 15) is 14.7 Å². The third-order valence-electron chi connectivity index (χ3n) is 9.71. The molecule has 2 N–H and O–H groups in total. The second-order valence-electron chi connectivity index (χ2n) is 11.2. The first kappa shape index (κ1) is 22.3. The average Bonchev–Trinajstić information content (AvgIpc) is 2.99. The summed E-state index contributed by atoms with van der Waals surface area (Å²) >= 11 is 0. The summed E-state index contributed by atoms with van der Waals surface area (Å²) in [5.41, 5.74) is 0.114. The van der Waals surface area contributed by atoms with Crippen molar-refractivity contribution in [1.82, 2.24) is 0 Å². The van der Waals surface area contributed by atoms with Crippen LogP contribution in [0, 0.1) is 34.5 Å². The summed E-state index contributed by atoms with van der Waals surface area (Å²) in [5, 5.41) is 19.7. The van der Waals surface area contributed by atoms with Crippen molar-refractivity contribution >= 4 is 11.8 Å². The number of unbranched alkanes of at least 4 members (excludes halogenated alkanes) is 2. The highest BCUT2D eigenvalue weighted by molar-refractivity contribution is 5.79. The van der Waals surface area contributed by atoms with E-state index in [1.54, 1.807) is 0 Å². The van der Waals surface area contributed by atoms with Gasteiger partial charge in [0.1, 0.15) is 5.78 Å². The van der Waals surface area contributed by atoms with Crippen LogP contribution in [-0.2, 0) is 14.3 Å². The number of aliphatic hydroxyl groups excluding tert-OH is 1. The third-order valence-corrected chi connectivity index (χ3v) is 9.71. The summed E-state index contributed by atoms with van der Waals surface area (Å²) in [6.07, 6.45) is 10.3. The van der Waals surface area contributed by atoms with Crippen LogP contribution in [0.1, 0.15) is 90.9 Å². The predicted octanol–water partition coefficient (Wildman–Crippen LogP) is 4.60. The number of rotatable bonds is 7. The van der Waals surface area contributed by atoms with E-state index in [1.165, 1.54) is 6.42 Å². The van der Waals surface area contributed by atoms with Crippen LogP contribution >= 0.6 is 0 Å². The van der Waals surface area contributed by atoms with Gasteiger partial charge in [0.05, 0.1) is 12.2 Å². The summed E-state index contributed by atoms with van der Waals surface area (Å²) in [6.45, 7) is 5.38. The van der Waals surface area contributed by atoms with E-state index in [-0.39, 0.29) is 29.5 Å². The van der Waals surface area contributed by atoms with Crippen molar-refractivity contribution in [2.45, 2.75) is 103 Å². The van der Waals surface area contributed by atoms with Gasteiger partial charge in [-0.1, -0.05) is 20.3 Å². The molecule has 170 valence electrons. The van der Waals surface area contributed by atoms with E-state index in [1.807, 2.05) is 0 Å². The quantitative estimate of drug-likeness (QED) is 0.588. The second-order valence-corrected chi connectivity index (χ2v) is 11.2. The van der Waals surface area contributed by atoms with Crippen LogP contribution in [0.3, 0.4) is 0 Å². The number of carboxylic acids is 1. The summed E-state index contributed by atoms with van der Waals surface area (Å²) in [5.74, 6) is 1.83. The maximum atomic E-state index is 12.2. The molecule has 4 rings (SSSR count). The molecule has 0 aromatic rings. The molecule has 4 fully saturated rings. The molecule has 0 aromatic heterocycles. The fraction of sp³-hybridized carbons (Fsp3) is 0.920. The number of Topliss-reactive ketones (excluding diaryl/α,β-unsaturated/α-hetero) is 1. The van der Waals surface area contributed by atoms with Crippen molar-refractivity contribution < 1.29 is 24.5 Å². The smallest absolute Gasteiger partial charge is 0.303 e. The number of aliphatic hydroxyl groups is 1. The van der Waals surface area contributed by atoms with Crippen LogP contribution in [0.2, 0.25) is 0 Å². The van der Waals surface area contributed by atoms with Crippen molar-refractivity contribution in [3.63, 3.8) is 0 Å². The largest absolute Gasteiger partial charge is 0.481 e. The molecule has 0 unspecified atom stereocenters. The zero-order chi connectivity index (χ0) is 21.5. The van der Waals surface area contributed by atoms with Crippen LogP contribution in [0.4, 0.5) is 0 Å². The first-order chi connectivity index (χ1) is 14.3. The lowest BCUT2D eigenvalue weighted by Gasteiger charge is -2.62. The van der Waals surface area contributed by atoms with Crippen LogP contribution in [0.25, 0.3) is 0 Å². The van der Waals surface area contributed by atoms with E-state index in [2.05, 4.69) is 13.8 Å². The molecule has 4 saturated carbocycles. The lowest BCUT2D eigenvalue weighted by Crippen LogP contribution is -2.60. The molecule has 4 aliphatic rings. The number of ketones is 1. The average molecular weight is 421 g/mol. The monoisotopic (exact) mass is 420 g/mol. The van der Waals surface area contributed by atoms with Crippen molar-refractivity contribution in [1.29, 1.82) is 0 Å². The molecule has 0 bridgehead atoms. The number of carbonyl (C=O) groups is 2. The van der Waals surface area contributed by atoms with Gasteiger partial charge in [-0.05, 0) is 85.9 Å². The second kappa shape index (κ2) is 8.54. The maximum Gasteiger partial charge on any atom is 0.303 e. The Kier molecular flexibility index (Phi) is 6.33. The number of hydrogen-bond donors (Lipinski definition) is 2. The number of carbonyl (C=O) groups excluding carboxylic acids is 1.